The van der Waals surface area contributed by atoms with Crippen LogP contribution in [0, 0.1) is 0 Å². The van der Waals surface area contributed by atoms with Crippen molar-refractivity contribution in [1.29, 1.82) is 0 Å². The van der Waals surface area contributed by atoms with Crippen LogP contribution in [-0.4, -0.2) is 18.1 Å². The number of nitrogen functional groups attached to an aromatic ring is 1. The zero-order chi connectivity index (χ0) is 13.8. The molecule has 1 heterocycles. The summed E-state index contributed by atoms with van der Waals surface area (Å²) in [6.07, 6.45) is 1.58. The molecule has 6 heteroatoms. The second-order valence-electron chi connectivity index (χ2n) is 3.79. The molecule has 3 N–H and O–H groups in total. The third-order valence-electron chi connectivity index (χ3n) is 2.43. The number of ether oxygens (including phenoxy) is 1. The summed E-state index contributed by atoms with van der Waals surface area (Å²) in [6.45, 7) is 0. The lowest BCUT2D eigenvalue weighted by atomic mass is 10.2. The number of nitrogens with one attached hydrogen (secondary N) is 1. The van der Waals surface area contributed by atoms with Crippen LogP contribution in [-0.2, 0) is 4.74 Å². The molecule has 0 atom stereocenters. The fraction of sp³-hybridized carbons (Fsp3) is 0.0769. The fourth-order valence-electron chi connectivity index (χ4n) is 1.52. The summed E-state index contributed by atoms with van der Waals surface area (Å²) in [4.78, 5) is 15.6. The summed E-state index contributed by atoms with van der Waals surface area (Å²) in [5.41, 5.74) is 7.20. The van der Waals surface area contributed by atoms with Crippen molar-refractivity contribution in [3.05, 3.63) is 47.1 Å². The minimum absolute atomic E-state index is 0.401. The van der Waals surface area contributed by atoms with Gasteiger partial charge in [0, 0.05) is 18.0 Å². The van der Waals surface area contributed by atoms with Gasteiger partial charge < -0.3 is 15.8 Å². The first-order chi connectivity index (χ1) is 9.10. The summed E-state index contributed by atoms with van der Waals surface area (Å²) in [6, 6.07) is 8.15. The molecule has 0 fully saturated rings. The van der Waals surface area contributed by atoms with E-state index in [1.165, 1.54) is 7.11 Å². The molecule has 0 aliphatic rings. The third-order valence-corrected chi connectivity index (χ3v) is 2.76. The SMILES string of the molecule is COC(=O)c1ccc(Cl)c(Nc2cc(N)ccn2)c1. The number of halogens is 1. The molecule has 0 radical (unpaired) electrons. The van der Waals surface area contributed by atoms with Crippen molar-refractivity contribution in [2.24, 2.45) is 0 Å². The lowest BCUT2D eigenvalue weighted by molar-refractivity contribution is 0.0601. The monoisotopic (exact) mass is 277 g/mol. The average molecular weight is 278 g/mol. The maximum Gasteiger partial charge on any atom is 0.337 e. The zero-order valence-corrected chi connectivity index (χ0v) is 10.9. The van der Waals surface area contributed by atoms with E-state index < -0.39 is 5.97 Å². The van der Waals surface area contributed by atoms with Crippen molar-refractivity contribution >= 4 is 34.8 Å². The Hall–Kier alpha value is -2.27. The van der Waals surface area contributed by atoms with Gasteiger partial charge in [-0.3, -0.25) is 0 Å². The molecular formula is C13H12ClN3O2. The van der Waals surface area contributed by atoms with Gasteiger partial charge in [-0.15, -0.1) is 0 Å². The molecule has 5 nitrogen and oxygen atoms in total. The smallest absolute Gasteiger partial charge is 0.337 e. The van der Waals surface area contributed by atoms with E-state index in [1.807, 2.05) is 0 Å². The molecule has 0 bridgehead atoms. The molecule has 2 aromatic rings. The Morgan fingerprint density at radius 1 is 1.37 bits per heavy atom. The summed E-state index contributed by atoms with van der Waals surface area (Å²) in [7, 11) is 1.32. The normalized spacial score (nSPS) is 10.0. The number of anilines is 3. The Kier molecular flexibility index (Phi) is 3.87. The highest BCUT2D eigenvalue weighted by molar-refractivity contribution is 6.33. The van der Waals surface area contributed by atoms with Crippen LogP contribution in [0.2, 0.25) is 5.02 Å². The fourth-order valence-corrected chi connectivity index (χ4v) is 1.68. The molecule has 2 rings (SSSR count). The molecule has 0 saturated carbocycles. The number of benzene rings is 1. The number of rotatable bonds is 3. The molecule has 19 heavy (non-hydrogen) atoms. The molecule has 0 aliphatic carbocycles. The third kappa shape index (κ3) is 3.14. The van der Waals surface area contributed by atoms with Crippen LogP contribution in [0.25, 0.3) is 0 Å². The maximum atomic E-state index is 11.5. The highest BCUT2D eigenvalue weighted by Gasteiger charge is 2.09. The topological polar surface area (TPSA) is 77.2 Å². The second kappa shape index (κ2) is 5.58. The summed E-state index contributed by atoms with van der Waals surface area (Å²) in [5.74, 6) is 0.115. The number of hydrogen-bond acceptors (Lipinski definition) is 5. The largest absolute Gasteiger partial charge is 0.465 e. The minimum atomic E-state index is -0.430. The van der Waals surface area contributed by atoms with Crippen LogP contribution in [0.5, 0.6) is 0 Å². The number of carbonyl (C=O) groups excluding carboxylic acids is 1. The predicted octanol–water partition coefficient (Wildman–Crippen LogP) is 2.85. The molecule has 1 aromatic heterocycles. The Balaban J connectivity index is 2.31. The molecular weight excluding hydrogens is 266 g/mol. The molecule has 98 valence electrons. The molecule has 0 aliphatic heterocycles. The van der Waals surface area contributed by atoms with Gasteiger partial charge in [0.25, 0.3) is 0 Å². The number of nitrogens with zero attached hydrogens (tertiary/aromatic N) is 1. The van der Waals surface area contributed by atoms with Gasteiger partial charge in [-0.1, -0.05) is 11.6 Å². The van der Waals surface area contributed by atoms with Crippen molar-refractivity contribution in [3.63, 3.8) is 0 Å². The Labute approximate surface area is 115 Å². The second-order valence-corrected chi connectivity index (χ2v) is 4.19. The van der Waals surface area contributed by atoms with Crippen molar-refractivity contribution < 1.29 is 9.53 Å². The maximum absolute atomic E-state index is 11.5. The first kappa shape index (κ1) is 13.2. The quantitative estimate of drug-likeness (QED) is 0.844. The van der Waals surface area contributed by atoms with Crippen LogP contribution in [0.4, 0.5) is 17.2 Å². The highest BCUT2D eigenvalue weighted by atomic mass is 35.5. The van der Waals surface area contributed by atoms with Gasteiger partial charge in [-0.2, -0.15) is 0 Å². The molecule has 0 spiro atoms. The van der Waals surface area contributed by atoms with Gasteiger partial charge in [0.05, 0.1) is 23.4 Å². The van der Waals surface area contributed by atoms with E-state index in [2.05, 4.69) is 15.0 Å². The van der Waals surface area contributed by atoms with E-state index in [0.29, 0.717) is 27.8 Å². The molecule has 0 unspecified atom stereocenters. The van der Waals surface area contributed by atoms with Gasteiger partial charge in [0.2, 0.25) is 0 Å². The van der Waals surface area contributed by atoms with Gasteiger partial charge in [-0.25, -0.2) is 9.78 Å². The summed E-state index contributed by atoms with van der Waals surface area (Å²) < 4.78 is 4.66. The van der Waals surface area contributed by atoms with Crippen molar-refractivity contribution in [2.75, 3.05) is 18.2 Å². The standard InChI is InChI=1S/C13H12ClN3O2/c1-19-13(18)8-2-3-10(14)11(6-8)17-12-7-9(15)4-5-16-12/h2-7H,1H3,(H3,15,16,17). The number of aromatic nitrogens is 1. The Morgan fingerprint density at radius 3 is 2.84 bits per heavy atom. The molecule has 0 amide bonds. The lowest BCUT2D eigenvalue weighted by Gasteiger charge is -2.09. The number of carbonyl (C=O) groups is 1. The van der Waals surface area contributed by atoms with Crippen LogP contribution < -0.4 is 11.1 Å². The van der Waals surface area contributed by atoms with Crippen LogP contribution in [0.3, 0.4) is 0 Å². The van der Waals surface area contributed by atoms with Crippen LogP contribution >= 0.6 is 11.6 Å². The van der Waals surface area contributed by atoms with Crippen LogP contribution in [0.15, 0.2) is 36.5 Å². The van der Waals surface area contributed by atoms with Gasteiger partial charge in [-0.05, 0) is 24.3 Å². The summed E-state index contributed by atoms with van der Waals surface area (Å²) >= 11 is 6.06. The van der Waals surface area contributed by atoms with Gasteiger partial charge in [0.1, 0.15) is 5.82 Å². The predicted molar refractivity (Wildman–Crippen MR) is 74.7 cm³/mol. The van der Waals surface area contributed by atoms with Crippen molar-refractivity contribution in [2.45, 2.75) is 0 Å². The van der Waals surface area contributed by atoms with Gasteiger partial charge in [0.15, 0.2) is 0 Å². The molecule has 1 aromatic carbocycles. The van der Waals surface area contributed by atoms with Crippen LogP contribution in [0.1, 0.15) is 10.4 Å². The first-order valence-electron chi connectivity index (χ1n) is 5.46. The first-order valence-corrected chi connectivity index (χ1v) is 5.84. The highest BCUT2D eigenvalue weighted by Crippen LogP contribution is 2.26. The van der Waals surface area contributed by atoms with E-state index in [4.69, 9.17) is 17.3 Å². The van der Waals surface area contributed by atoms with Crippen molar-refractivity contribution in [1.82, 2.24) is 4.98 Å². The minimum Gasteiger partial charge on any atom is -0.465 e. The Bertz CT molecular complexity index is 617. The van der Waals surface area contributed by atoms with E-state index in [0.717, 1.165) is 0 Å². The number of esters is 1. The zero-order valence-electron chi connectivity index (χ0n) is 10.2. The number of hydrogen-bond donors (Lipinski definition) is 2. The van der Waals surface area contributed by atoms with E-state index >= 15 is 0 Å². The number of nitrogens with two attached hydrogens (primary N) is 1. The molecule has 0 saturated heterocycles. The van der Waals surface area contributed by atoms with E-state index in [-0.39, 0.29) is 0 Å². The van der Waals surface area contributed by atoms with E-state index in [9.17, 15) is 4.79 Å². The lowest BCUT2D eigenvalue weighted by Crippen LogP contribution is -2.03. The number of methoxy groups -OCH3 is 1. The van der Waals surface area contributed by atoms with Crippen molar-refractivity contribution in [3.8, 4) is 0 Å². The van der Waals surface area contributed by atoms with E-state index in [1.54, 1.807) is 36.5 Å². The number of pyridine rings is 1. The Morgan fingerprint density at radius 2 is 2.16 bits per heavy atom. The van der Waals surface area contributed by atoms with Gasteiger partial charge >= 0.3 is 5.97 Å². The average Bonchev–Trinajstić information content (AvgIpc) is 2.40. The summed E-state index contributed by atoms with van der Waals surface area (Å²) in [5, 5.41) is 3.47.